The van der Waals surface area contributed by atoms with Gasteiger partial charge in [-0.15, -0.1) is 0 Å². The van der Waals surface area contributed by atoms with Gasteiger partial charge in [0.25, 0.3) is 0 Å². The van der Waals surface area contributed by atoms with E-state index >= 15 is 0 Å². The number of nitrogens with one attached hydrogen (secondary N) is 1. The van der Waals surface area contributed by atoms with Crippen LogP contribution in [0.1, 0.15) is 30.0 Å². The van der Waals surface area contributed by atoms with Gasteiger partial charge >= 0.3 is 6.03 Å². The van der Waals surface area contributed by atoms with Crippen molar-refractivity contribution in [3.8, 4) is 0 Å². The van der Waals surface area contributed by atoms with Gasteiger partial charge in [0.1, 0.15) is 0 Å². The second-order valence-corrected chi connectivity index (χ2v) is 7.51. The minimum Gasteiger partial charge on any atom is -0.314 e. The van der Waals surface area contributed by atoms with Crippen molar-refractivity contribution in [3.05, 3.63) is 62.6 Å². The van der Waals surface area contributed by atoms with Gasteiger partial charge in [-0.3, -0.25) is 0 Å². The molecule has 2 unspecified atom stereocenters. The number of urea groups is 1. The van der Waals surface area contributed by atoms with Gasteiger partial charge in [0.15, 0.2) is 0 Å². The highest BCUT2D eigenvalue weighted by atomic mass is 35.5. The Balaban J connectivity index is 1.59. The fraction of sp³-hybridized carbons (Fsp3) is 0.278. The SMILES string of the molecule is O=C(Nc1ccc(Cl)c(Cl)c1)N1C2CCC1c1ccc(Cl)cc1C2. The molecule has 0 aromatic heterocycles. The number of hydrogen-bond acceptors (Lipinski definition) is 1. The highest BCUT2D eigenvalue weighted by Crippen LogP contribution is 2.44. The lowest BCUT2D eigenvalue weighted by Crippen LogP contribution is -2.44. The van der Waals surface area contributed by atoms with E-state index in [1.54, 1.807) is 18.2 Å². The quantitative estimate of drug-likeness (QED) is 0.651. The fourth-order valence-electron chi connectivity index (χ4n) is 3.79. The van der Waals surface area contributed by atoms with E-state index in [1.807, 2.05) is 23.1 Å². The second kappa shape index (κ2) is 6.14. The number of fused-ring (bicyclic) bond motifs is 4. The molecule has 3 nitrogen and oxygen atoms in total. The molecule has 0 aliphatic carbocycles. The molecular formula is C18H15Cl3N2O. The largest absolute Gasteiger partial charge is 0.322 e. The average Bonchev–Trinajstić information content (AvgIpc) is 2.86. The third kappa shape index (κ3) is 2.75. The first kappa shape index (κ1) is 16.1. The molecule has 1 saturated heterocycles. The first-order chi connectivity index (χ1) is 11.5. The van der Waals surface area contributed by atoms with Crippen molar-refractivity contribution in [2.45, 2.75) is 31.3 Å². The number of carbonyl (C=O) groups excluding carboxylic acids is 1. The Bertz CT molecular complexity index is 824. The first-order valence-corrected chi connectivity index (χ1v) is 8.99. The molecule has 0 spiro atoms. The van der Waals surface area contributed by atoms with Crippen LogP contribution in [0.25, 0.3) is 0 Å². The maximum Gasteiger partial charge on any atom is 0.322 e. The summed E-state index contributed by atoms with van der Waals surface area (Å²) in [6.07, 6.45) is 2.83. The van der Waals surface area contributed by atoms with Gasteiger partial charge in [-0.25, -0.2) is 4.79 Å². The Morgan fingerprint density at radius 1 is 1.04 bits per heavy atom. The van der Waals surface area contributed by atoms with Crippen molar-refractivity contribution in [1.82, 2.24) is 4.90 Å². The van der Waals surface area contributed by atoms with Crippen LogP contribution in [0.2, 0.25) is 15.1 Å². The number of rotatable bonds is 1. The Morgan fingerprint density at radius 2 is 1.88 bits per heavy atom. The third-order valence-corrected chi connectivity index (χ3v) is 5.80. The molecule has 2 heterocycles. The lowest BCUT2D eigenvalue weighted by atomic mass is 9.93. The van der Waals surface area contributed by atoms with Crippen LogP contribution < -0.4 is 5.32 Å². The molecule has 1 fully saturated rings. The molecule has 2 aromatic carbocycles. The van der Waals surface area contributed by atoms with E-state index in [-0.39, 0.29) is 18.1 Å². The Kier molecular flexibility index (Phi) is 4.11. The lowest BCUT2D eigenvalue weighted by molar-refractivity contribution is 0.179. The topological polar surface area (TPSA) is 32.3 Å². The van der Waals surface area contributed by atoms with Crippen molar-refractivity contribution in [3.63, 3.8) is 0 Å². The molecule has 2 aliphatic rings. The molecule has 6 heteroatoms. The van der Waals surface area contributed by atoms with E-state index in [9.17, 15) is 4.79 Å². The Labute approximate surface area is 155 Å². The molecule has 2 atom stereocenters. The molecule has 2 amide bonds. The molecule has 0 saturated carbocycles. The summed E-state index contributed by atoms with van der Waals surface area (Å²) in [6.45, 7) is 0. The van der Waals surface area contributed by atoms with Crippen LogP contribution in [-0.4, -0.2) is 17.0 Å². The normalized spacial score (nSPS) is 21.5. The highest BCUT2D eigenvalue weighted by molar-refractivity contribution is 6.42. The summed E-state index contributed by atoms with van der Waals surface area (Å²) in [5, 5.41) is 4.59. The van der Waals surface area contributed by atoms with Crippen LogP contribution in [0.4, 0.5) is 10.5 Å². The van der Waals surface area contributed by atoms with Gasteiger partial charge in [0, 0.05) is 16.8 Å². The minimum atomic E-state index is -0.0958. The van der Waals surface area contributed by atoms with Crippen molar-refractivity contribution in [2.75, 3.05) is 5.32 Å². The number of halogens is 3. The van der Waals surface area contributed by atoms with Crippen LogP contribution in [0.3, 0.4) is 0 Å². The number of nitrogens with zero attached hydrogens (tertiary/aromatic N) is 1. The van der Waals surface area contributed by atoms with E-state index in [1.165, 1.54) is 11.1 Å². The molecule has 2 aliphatic heterocycles. The van der Waals surface area contributed by atoms with Crippen LogP contribution in [0.5, 0.6) is 0 Å². The van der Waals surface area contributed by atoms with Crippen LogP contribution in [-0.2, 0) is 6.42 Å². The zero-order chi connectivity index (χ0) is 16.8. The van der Waals surface area contributed by atoms with Crippen LogP contribution in [0, 0.1) is 0 Å². The summed E-state index contributed by atoms with van der Waals surface area (Å²) in [6, 6.07) is 11.3. The van der Waals surface area contributed by atoms with Crippen molar-refractivity contribution in [2.24, 2.45) is 0 Å². The summed E-state index contributed by atoms with van der Waals surface area (Å²) in [7, 11) is 0. The predicted octanol–water partition coefficient (Wildman–Crippen LogP) is 5.94. The number of benzene rings is 2. The van der Waals surface area contributed by atoms with Crippen molar-refractivity contribution >= 4 is 46.5 Å². The maximum atomic E-state index is 12.8. The number of carbonyl (C=O) groups is 1. The summed E-state index contributed by atoms with van der Waals surface area (Å²) in [4.78, 5) is 14.8. The molecule has 2 bridgehead atoms. The monoisotopic (exact) mass is 380 g/mol. The van der Waals surface area contributed by atoms with E-state index in [2.05, 4.69) is 5.32 Å². The maximum absolute atomic E-state index is 12.8. The van der Waals surface area contributed by atoms with E-state index < -0.39 is 0 Å². The predicted molar refractivity (Wildman–Crippen MR) is 98.2 cm³/mol. The summed E-state index contributed by atoms with van der Waals surface area (Å²) < 4.78 is 0. The number of amides is 2. The van der Waals surface area contributed by atoms with Crippen LogP contribution >= 0.6 is 34.8 Å². The standard InChI is InChI=1S/C18H15Cl3N2O/c19-11-1-4-14-10(7-11)8-13-3-6-17(14)23(13)18(24)22-12-2-5-15(20)16(21)9-12/h1-2,4-5,7,9,13,17H,3,6,8H2,(H,22,24). The molecule has 0 radical (unpaired) electrons. The molecule has 2 aromatic rings. The van der Waals surface area contributed by atoms with E-state index in [4.69, 9.17) is 34.8 Å². The molecule has 1 N–H and O–H groups in total. The molecular weight excluding hydrogens is 367 g/mol. The summed E-state index contributed by atoms with van der Waals surface area (Å²) in [5.41, 5.74) is 3.11. The zero-order valence-electron chi connectivity index (χ0n) is 12.7. The Hall–Kier alpha value is -1.42. The van der Waals surface area contributed by atoms with E-state index in [0.717, 1.165) is 24.3 Å². The summed E-state index contributed by atoms with van der Waals surface area (Å²) >= 11 is 18.1. The van der Waals surface area contributed by atoms with Gasteiger partial charge in [0.05, 0.1) is 16.1 Å². The molecule has 124 valence electrons. The summed E-state index contributed by atoms with van der Waals surface area (Å²) in [5.74, 6) is 0. The number of anilines is 1. The van der Waals surface area contributed by atoms with Gasteiger partial charge in [-0.1, -0.05) is 40.9 Å². The second-order valence-electron chi connectivity index (χ2n) is 6.26. The molecule has 24 heavy (non-hydrogen) atoms. The van der Waals surface area contributed by atoms with Gasteiger partial charge in [-0.2, -0.15) is 0 Å². The molecule has 4 rings (SSSR count). The lowest BCUT2D eigenvalue weighted by Gasteiger charge is -2.36. The van der Waals surface area contributed by atoms with Gasteiger partial charge in [-0.05, 0) is 60.7 Å². The Morgan fingerprint density at radius 3 is 2.67 bits per heavy atom. The average molecular weight is 382 g/mol. The van der Waals surface area contributed by atoms with Gasteiger partial charge < -0.3 is 10.2 Å². The van der Waals surface area contributed by atoms with Crippen molar-refractivity contribution in [1.29, 1.82) is 0 Å². The number of hydrogen-bond donors (Lipinski definition) is 1. The fourth-order valence-corrected chi connectivity index (χ4v) is 4.28. The van der Waals surface area contributed by atoms with E-state index in [0.29, 0.717) is 15.7 Å². The highest BCUT2D eigenvalue weighted by Gasteiger charge is 2.42. The zero-order valence-corrected chi connectivity index (χ0v) is 15.0. The van der Waals surface area contributed by atoms with Gasteiger partial charge in [0.2, 0.25) is 0 Å². The van der Waals surface area contributed by atoms with Crippen molar-refractivity contribution < 1.29 is 4.79 Å². The first-order valence-electron chi connectivity index (χ1n) is 7.85. The third-order valence-electron chi connectivity index (χ3n) is 4.83. The van der Waals surface area contributed by atoms with Crippen LogP contribution in [0.15, 0.2) is 36.4 Å². The minimum absolute atomic E-state index is 0.0958. The smallest absolute Gasteiger partial charge is 0.314 e.